The van der Waals surface area contributed by atoms with E-state index in [4.69, 9.17) is 16.3 Å². The van der Waals surface area contributed by atoms with Crippen LogP contribution in [-0.2, 0) is 11.3 Å². The van der Waals surface area contributed by atoms with Gasteiger partial charge in [-0.1, -0.05) is 11.6 Å². The molecule has 0 bridgehead atoms. The second-order valence-electron chi connectivity index (χ2n) is 3.36. The van der Waals surface area contributed by atoms with Gasteiger partial charge in [0.1, 0.15) is 17.1 Å². The molecule has 2 heterocycles. The van der Waals surface area contributed by atoms with Gasteiger partial charge in [0.05, 0.1) is 12.0 Å². The van der Waals surface area contributed by atoms with Crippen LogP contribution in [0.25, 0.3) is 11.0 Å². The van der Waals surface area contributed by atoms with Crippen LogP contribution in [0.4, 0.5) is 0 Å². The Morgan fingerprint density at radius 3 is 3.00 bits per heavy atom. The molecule has 0 amide bonds. The largest absolute Gasteiger partial charge is 0.383 e. The van der Waals surface area contributed by atoms with Gasteiger partial charge in [0.15, 0.2) is 0 Å². The number of hydrogen-bond donors (Lipinski definition) is 0. The first-order valence-electron chi connectivity index (χ1n) is 4.69. The van der Waals surface area contributed by atoms with Gasteiger partial charge in [-0.25, -0.2) is 9.97 Å². The fourth-order valence-electron chi connectivity index (χ4n) is 1.63. The number of fused-ring (bicyclic) bond motifs is 1. The Morgan fingerprint density at radius 1 is 1.47 bits per heavy atom. The van der Waals surface area contributed by atoms with E-state index >= 15 is 0 Å². The zero-order valence-electron chi connectivity index (χ0n) is 8.70. The van der Waals surface area contributed by atoms with Crippen LogP contribution >= 0.6 is 11.6 Å². The predicted octanol–water partition coefficient (Wildman–Crippen LogP) is 2.04. The zero-order valence-corrected chi connectivity index (χ0v) is 9.45. The van der Waals surface area contributed by atoms with E-state index in [9.17, 15) is 0 Å². The molecule has 0 unspecified atom stereocenters. The molecule has 0 aromatic carbocycles. The molecule has 0 atom stereocenters. The van der Waals surface area contributed by atoms with Gasteiger partial charge in [-0.15, -0.1) is 0 Å². The topological polar surface area (TPSA) is 39.9 Å². The predicted molar refractivity (Wildman–Crippen MR) is 59.2 cm³/mol. The molecule has 4 nitrogen and oxygen atoms in total. The lowest BCUT2D eigenvalue weighted by Gasteiger charge is -2.02. The quantitative estimate of drug-likeness (QED) is 0.751. The molecule has 0 N–H and O–H groups in total. The van der Waals surface area contributed by atoms with Crippen molar-refractivity contribution in [1.29, 1.82) is 0 Å². The molecular weight excluding hydrogens is 214 g/mol. The van der Waals surface area contributed by atoms with E-state index in [0.717, 1.165) is 23.1 Å². The summed E-state index contributed by atoms with van der Waals surface area (Å²) in [6.45, 7) is 3.43. The van der Waals surface area contributed by atoms with E-state index in [0.29, 0.717) is 11.8 Å². The maximum Gasteiger partial charge on any atom is 0.145 e. The van der Waals surface area contributed by atoms with Gasteiger partial charge in [-0.2, -0.15) is 0 Å². The van der Waals surface area contributed by atoms with Gasteiger partial charge in [0, 0.05) is 19.9 Å². The van der Waals surface area contributed by atoms with Crippen LogP contribution in [0.1, 0.15) is 5.56 Å². The summed E-state index contributed by atoms with van der Waals surface area (Å²) < 4.78 is 7.07. The first-order valence-corrected chi connectivity index (χ1v) is 5.06. The Bertz CT molecular complexity index is 481. The third-order valence-electron chi connectivity index (χ3n) is 2.33. The van der Waals surface area contributed by atoms with Crippen molar-refractivity contribution in [2.24, 2.45) is 0 Å². The number of nitrogens with zero attached hydrogens (tertiary/aromatic N) is 3. The number of ether oxygens (including phenoxy) is 1. The molecule has 2 rings (SSSR count). The molecule has 15 heavy (non-hydrogen) atoms. The van der Waals surface area contributed by atoms with Crippen LogP contribution in [0.2, 0.25) is 5.15 Å². The lowest BCUT2D eigenvalue weighted by atomic mass is 10.3. The average Bonchev–Trinajstić information content (AvgIpc) is 2.54. The van der Waals surface area contributed by atoms with E-state index in [2.05, 4.69) is 9.97 Å². The summed E-state index contributed by atoms with van der Waals surface area (Å²) in [5.74, 6) is 0. The van der Waals surface area contributed by atoms with Crippen LogP contribution in [0, 0.1) is 6.92 Å². The van der Waals surface area contributed by atoms with Gasteiger partial charge < -0.3 is 9.30 Å². The molecule has 0 aliphatic carbocycles. The van der Waals surface area contributed by atoms with Crippen molar-refractivity contribution >= 4 is 22.6 Å². The zero-order chi connectivity index (χ0) is 10.8. The molecule has 2 aromatic heterocycles. The summed E-state index contributed by atoms with van der Waals surface area (Å²) in [5, 5.41) is 1.43. The second-order valence-corrected chi connectivity index (χ2v) is 3.72. The number of methoxy groups -OCH3 is 1. The van der Waals surface area contributed by atoms with E-state index < -0.39 is 0 Å². The molecule has 0 radical (unpaired) electrons. The van der Waals surface area contributed by atoms with E-state index in [-0.39, 0.29) is 0 Å². The summed E-state index contributed by atoms with van der Waals surface area (Å²) in [5.41, 5.74) is 1.95. The Labute approximate surface area is 92.8 Å². The lowest BCUT2D eigenvalue weighted by Crippen LogP contribution is -2.03. The highest BCUT2D eigenvalue weighted by molar-refractivity contribution is 6.34. The molecule has 0 fully saturated rings. The third-order valence-corrected chi connectivity index (χ3v) is 2.62. The maximum absolute atomic E-state index is 6.01. The Morgan fingerprint density at radius 2 is 2.27 bits per heavy atom. The van der Waals surface area contributed by atoms with Gasteiger partial charge in [0.2, 0.25) is 0 Å². The average molecular weight is 226 g/mol. The Balaban J connectivity index is 2.53. The molecule has 0 spiro atoms. The number of halogens is 1. The van der Waals surface area contributed by atoms with Crippen molar-refractivity contribution in [2.45, 2.75) is 13.5 Å². The van der Waals surface area contributed by atoms with Crippen LogP contribution in [0.3, 0.4) is 0 Å². The fraction of sp³-hybridized carbons (Fsp3) is 0.400. The maximum atomic E-state index is 6.01. The first kappa shape index (κ1) is 10.4. The lowest BCUT2D eigenvalue weighted by molar-refractivity contribution is 0.188. The summed E-state index contributed by atoms with van der Waals surface area (Å²) >= 11 is 6.01. The molecule has 0 aliphatic heterocycles. The van der Waals surface area contributed by atoms with Crippen molar-refractivity contribution in [2.75, 3.05) is 13.7 Å². The summed E-state index contributed by atoms with van der Waals surface area (Å²) in [7, 11) is 1.68. The first-order chi connectivity index (χ1) is 7.24. The second kappa shape index (κ2) is 4.16. The minimum Gasteiger partial charge on any atom is -0.383 e. The number of aromatic nitrogens is 3. The highest BCUT2D eigenvalue weighted by Crippen LogP contribution is 2.24. The van der Waals surface area contributed by atoms with Crippen molar-refractivity contribution in [3.63, 3.8) is 0 Å². The van der Waals surface area contributed by atoms with Crippen LogP contribution < -0.4 is 0 Å². The standard InChI is InChI=1S/C10H12ClN3O/c1-7-5-14(3-4-15-2)10-8(7)9(11)12-6-13-10/h5-6H,3-4H2,1-2H3. The number of hydrogen-bond acceptors (Lipinski definition) is 3. The minimum absolute atomic E-state index is 0.508. The highest BCUT2D eigenvalue weighted by atomic mass is 35.5. The van der Waals surface area contributed by atoms with E-state index in [1.165, 1.54) is 6.33 Å². The SMILES string of the molecule is COCCn1cc(C)c2c(Cl)ncnc21. The van der Waals surface area contributed by atoms with Gasteiger partial charge in [-0.3, -0.25) is 0 Å². The molecular formula is C10H12ClN3O. The highest BCUT2D eigenvalue weighted by Gasteiger charge is 2.10. The Kier molecular flexibility index (Phi) is 2.88. The van der Waals surface area contributed by atoms with Crippen molar-refractivity contribution < 1.29 is 4.74 Å². The summed E-state index contributed by atoms with van der Waals surface area (Å²) in [6, 6.07) is 0. The van der Waals surface area contributed by atoms with E-state index in [1.807, 2.05) is 17.7 Å². The molecule has 0 aliphatic rings. The van der Waals surface area contributed by atoms with Crippen LogP contribution in [-0.4, -0.2) is 28.3 Å². The Hall–Kier alpha value is -1.13. The molecule has 2 aromatic rings. The fourth-order valence-corrected chi connectivity index (χ4v) is 1.91. The summed E-state index contributed by atoms with van der Waals surface area (Å²) in [4.78, 5) is 8.20. The minimum atomic E-state index is 0.508. The monoisotopic (exact) mass is 225 g/mol. The van der Waals surface area contributed by atoms with Gasteiger partial charge in [0.25, 0.3) is 0 Å². The summed E-state index contributed by atoms with van der Waals surface area (Å²) in [6.07, 6.45) is 3.50. The van der Waals surface area contributed by atoms with E-state index in [1.54, 1.807) is 7.11 Å². The van der Waals surface area contributed by atoms with Crippen LogP contribution in [0.15, 0.2) is 12.5 Å². The molecule has 80 valence electrons. The number of aryl methyl sites for hydroxylation is 1. The smallest absolute Gasteiger partial charge is 0.145 e. The normalized spacial score (nSPS) is 11.1. The molecule has 0 saturated heterocycles. The van der Waals surface area contributed by atoms with Gasteiger partial charge in [-0.05, 0) is 12.5 Å². The van der Waals surface area contributed by atoms with Gasteiger partial charge >= 0.3 is 0 Å². The third kappa shape index (κ3) is 1.82. The molecule has 0 saturated carbocycles. The number of rotatable bonds is 3. The van der Waals surface area contributed by atoms with Crippen LogP contribution in [0.5, 0.6) is 0 Å². The van der Waals surface area contributed by atoms with Crippen molar-refractivity contribution in [3.8, 4) is 0 Å². The van der Waals surface area contributed by atoms with Crippen molar-refractivity contribution in [3.05, 3.63) is 23.2 Å². The van der Waals surface area contributed by atoms with Crippen molar-refractivity contribution in [1.82, 2.24) is 14.5 Å². The molecule has 5 heteroatoms.